The third-order valence-electron chi connectivity index (χ3n) is 3.63. The lowest BCUT2D eigenvalue weighted by atomic mass is 9.92. The van der Waals surface area contributed by atoms with E-state index in [1.165, 1.54) is 25.9 Å². The number of terminal acetylenes is 1. The fourth-order valence-electron chi connectivity index (χ4n) is 2.51. The maximum absolute atomic E-state index is 5.37. The minimum absolute atomic E-state index is 0.541. The van der Waals surface area contributed by atoms with E-state index in [9.17, 15) is 0 Å². The van der Waals surface area contributed by atoms with Crippen LogP contribution in [0, 0.1) is 18.3 Å². The molecule has 0 spiro atoms. The molecule has 0 radical (unpaired) electrons. The zero-order valence-corrected chi connectivity index (χ0v) is 11.0. The molecule has 1 aliphatic rings. The molecule has 3 atom stereocenters. The average molecular weight is 222 g/mol. The molecule has 1 aliphatic heterocycles. The van der Waals surface area contributed by atoms with E-state index in [1.54, 1.807) is 0 Å². The molecule has 0 aromatic rings. The van der Waals surface area contributed by atoms with Crippen molar-refractivity contribution in [2.45, 2.75) is 52.1 Å². The highest BCUT2D eigenvalue weighted by Gasteiger charge is 2.27. The summed E-state index contributed by atoms with van der Waals surface area (Å²) in [6.07, 6.45) is 8.73. The Bertz CT molecular complexity index is 231. The lowest BCUT2D eigenvalue weighted by Gasteiger charge is -2.40. The third-order valence-corrected chi connectivity index (χ3v) is 3.63. The second-order valence-electron chi connectivity index (χ2n) is 5.08. The van der Waals surface area contributed by atoms with Crippen molar-refractivity contribution >= 4 is 0 Å². The summed E-state index contributed by atoms with van der Waals surface area (Å²) in [7, 11) is 0. The first-order valence-corrected chi connectivity index (χ1v) is 6.59. The van der Waals surface area contributed by atoms with E-state index >= 15 is 0 Å². The molecule has 3 unspecified atom stereocenters. The summed E-state index contributed by atoms with van der Waals surface area (Å²) in [4.78, 5) is 2.54. The number of likely N-dealkylation sites (tertiary alicyclic amines) is 1. The molecular formula is C14H26N2. The summed E-state index contributed by atoms with van der Waals surface area (Å²) in [5.41, 5.74) is 0. The van der Waals surface area contributed by atoms with Crippen LogP contribution in [-0.4, -0.2) is 36.6 Å². The van der Waals surface area contributed by atoms with Gasteiger partial charge in [-0.25, -0.2) is 0 Å². The van der Waals surface area contributed by atoms with Gasteiger partial charge in [0, 0.05) is 25.0 Å². The number of hydrogen-bond donors (Lipinski definition) is 1. The molecule has 92 valence electrons. The maximum atomic E-state index is 5.37. The Hall–Kier alpha value is -0.520. The molecule has 0 aliphatic carbocycles. The van der Waals surface area contributed by atoms with Crippen LogP contribution in [0.25, 0.3) is 0 Å². The highest BCUT2D eigenvalue weighted by molar-refractivity contribution is 4.92. The summed E-state index contributed by atoms with van der Waals surface area (Å²) < 4.78 is 0. The Morgan fingerprint density at radius 3 is 2.88 bits per heavy atom. The standard InChI is InChI=1S/C14H26N2/c1-5-7-13(4)16-10-8-14(12(3)11-16)15-9-6-2/h1,12-15H,6-11H2,2-4H3. The molecule has 1 saturated heterocycles. The number of piperidine rings is 1. The highest BCUT2D eigenvalue weighted by Crippen LogP contribution is 2.19. The van der Waals surface area contributed by atoms with Crippen LogP contribution in [0.1, 0.15) is 40.0 Å². The fourth-order valence-corrected chi connectivity index (χ4v) is 2.51. The van der Waals surface area contributed by atoms with Crippen LogP contribution >= 0.6 is 0 Å². The van der Waals surface area contributed by atoms with Crippen molar-refractivity contribution in [2.24, 2.45) is 5.92 Å². The molecule has 0 aromatic carbocycles. The van der Waals surface area contributed by atoms with Crippen LogP contribution in [0.3, 0.4) is 0 Å². The molecule has 2 nitrogen and oxygen atoms in total. The van der Waals surface area contributed by atoms with Crippen LogP contribution in [0.4, 0.5) is 0 Å². The first kappa shape index (κ1) is 13.5. The van der Waals surface area contributed by atoms with Crippen molar-refractivity contribution in [3.05, 3.63) is 0 Å². The fraction of sp³-hybridized carbons (Fsp3) is 0.857. The predicted octanol–water partition coefficient (Wildman–Crippen LogP) is 2.11. The van der Waals surface area contributed by atoms with Gasteiger partial charge in [-0.1, -0.05) is 13.8 Å². The van der Waals surface area contributed by atoms with Crippen molar-refractivity contribution in [1.29, 1.82) is 0 Å². The molecule has 1 rings (SSSR count). The van der Waals surface area contributed by atoms with Crippen molar-refractivity contribution < 1.29 is 0 Å². The van der Waals surface area contributed by atoms with Gasteiger partial charge in [-0.3, -0.25) is 4.90 Å². The molecule has 0 bridgehead atoms. The number of rotatable bonds is 5. The average Bonchev–Trinajstić information content (AvgIpc) is 2.27. The van der Waals surface area contributed by atoms with Gasteiger partial charge in [0.05, 0.1) is 0 Å². The molecule has 1 heterocycles. The van der Waals surface area contributed by atoms with Crippen LogP contribution in [0.15, 0.2) is 0 Å². The van der Waals surface area contributed by atoms with E-state index in [0.717, 1.165) is 18.9 Å². The lowest BCUT2D eigenvalue weighted by molar-refractivity contribution is 0.113. The smallest absolute Gasteiger partial charge is 0.0240 e. The SMILES string of the molecule is C#CCC(C)N1CCC(NCCC)C(C)C1. The first-order chi connectivity index (χ1) is 7.69. The summed E-state index contributed by atoms with van der Waals surface area (Å²) in [5.74, 6) is 3.50. The number of nitrogens with zero attached hydrogens (tertiary/aromatic N) is 1. The molecule has 2 heteroatoms. The normalized spacial score (nSPS) is 28.6. The van der Waals surface area contributed by atoms with Gasteiger partial charge in [0.2, 0.25) is 0 Å². The Morgan fingerprint density at radius 2 is 2.31 bits per heavy atom. The Balaban J connectivity index is 2.36. The summed E-state index contributed by atoms with van der Waals surface area (Å²) in [5, 5.41) is 3.65. The van der Waals surface area contributed by atoms with Crippen LogP contribution in [0.2, 0.25) is 0 Å². The molecule has 0 amide bonds. The number of nitrogens with one attached hydrogen (secondary N) is 1. The van der Waals surface area contributed by atoms with Gasteiger partial charge < -0.3 is 5.32 Å². The molecule has 1 N–H and O–H groups in total. The lowest BCUT2D eigenvalue weighted by Crippen LogP contribution is -2.50. The van der Waals surface area contributed by atoms with Crippen molar-refractivity contribution in [3.8, 4) is 12.3 Å². The van der Waals surface area contributed by atoms with E-state index in [1.807, 2.05) is 0 Å². The Morgan fingerprint density at radius 1 is 1.56 bits per heavy atom. The van der Waals surface area contributed by atoms with E-state index < -0.39 is 0 Å². The Labute approximate surface area is 101 Å². The summed E-state index contributed by atoms with van der Waals surface area (Å²) >= 11 is 0. The molecule has 0 aromatic heterocycles. The van der Waals surface area contributed by atoms with Gasteiger partial charge in [0.1, 0.15) is 0 Å². The quantitative estimate of drug-likeness (QED) is 0.717. The minimum Gasteiger partial charge on any atom is -0.314 e. The van der Waals surface area contributed by atoms with E-state index in [0.29, 0.717) is 12.1 Å². The van der Waals surface area contributed by atoms with Gasteiger partial charge in [0.15, 0.2) is 0 Å². The first-order valence-electron chi connectivity index (χ1n) is 6.59. The van der Waals surface area contributed by atoms with Crippen molar-refractivity contribution in [3.63, 3.8) is 0 Å². The molecule has 16 heavy (non-hydrogen) atoms. The zero-order valence-electron chi connectivity index (χ0n) is 11.0. The summed E-state index contributed by atoms with van der Waals surface area (Å²) in [6, 6.07) is 1.24. The minimum atomic E-state index is 0.541. The maximum Gasteiger partial charge on any atom is 0.0240 e. The van der Waals surface area contributed by atoms with Crippen LogP contribution in [0.5, 0.6) is 0 Å². The highest BCUT2D eigenvalue weighted by atomic mass is 15.2. The third kappa shape index (κ3) is 3.81. The zero-order chi connectivity index (χ0) is 12.0. The van der Waals surface area contributed by atoms with Gasteiger partial charge >= 0.3 is 0 Å². The second-order valence-corrected chi connectivity index (χ2v) is 5.08. The van der Waals surface area contributed by atoms with Gasteiger partial charge in [-0.15, -0.1) is 12.3 Å². The number of hydrogen-bond acceptors (Lipinski definition) is 2. The molecular weight excluding hydrogens is 196 g/mol. The second kappa shape index (κ2) is 6.93. The van der Waals surface area contributed by atoms with E-state index in [2.05, 4.69) is 36.9 Å². The summed E-state index contributed by atoms with van der Waals surface area (Å²) in [6.45, 7) is 10.3. The van der Waals surface area contributed by atoms with Crippen LogP contribution < -0.4 is 5.32 Å². The van der Waals surface area contributed by atoms with E-state index in [4.69, 9.17) is 6.42 Å². The Kier molecular flexibility index (Phi) is 5.87. The van der Waals surface area contributed by atoms with Crippen molar-refractivity contribution in [2.75, 3.05) is 19.6 Å². The molecule has 1 fully saturated rings. The van der Waals surface area contributed by atoms with Crippen LogP contribution in [-0.2, 0) is 0 Å². The van der Waals surface area contributed by atoms with Gasteiger partial charge in [0.25, 0.3) is 0 Å². The van der Waals surface area contributed by atoms with Gasteiger partial charge in [-0.05, 0) is 38.8 Å². The topological polar surface area (TPSA) is 15.3 Å². The van der Waals surface area contributed by atoms with E-state index in [-0.39, 0.29) is 0 Å². The monoisotopic (exact) mass is 222 g/mol. The molecule has 0 saturated carbocycles. The van der Waals surface area contributed by atoms with Crippen molar-refractivity contribution in [1.82, 2.24) is 10.2 Å². The largest absolute Gasteiger partial charge is 0.314 e. The predicted molar refractivity (Wildman–Crippen MR) is 70.3 cm³/mol. The van der Waals surface area contributed by atoms with Gasteiger partial charge in [-0.2, -0.15) is 0 Å².